The van der Waals surface area contributed by atoms with Crippen LogP contribution in [0.4, 0.5) is 0 Å². The van der Waals surface area contributed by atoms with Crippen LogP contribution in [0.3, 0.4) is 0 Å². The zero-order valence-electron chi connectivity index (χ0n) is 9.12. The van der Waals surface area contributed by atoms with Crippen molar-refractivity contribution in [3.63, 3.8) is 0 Å². The molecule has 0 spiro atoms. The van der Waals surface area contributed by atoms with Crippen LogP contribution in [0.2, 0.25) is 0 Å². The van der Waals surface area contributed by atoms with Gasteiger partial charge in [-0.05, 0) is 11.6 Å². The van der Waals surface area contributed by atoms with Gasteiger partial charge in [0.05, 0.1) is 5.71 Å². The van der Waals surface area contributed by atoms with E-state index in [1.54, 1.807) is 0 Å². The van der Waals surface area contributed by atoms with E-state index in [0.29, 0.717) is 5.71 Å². The van der Waals surface area contributed by atoms with E-state index in [1.807, 2.05) is 36.4 Å². The molecule has 0 fully saturated rings. The van der Waals surface area contributed by atoms with E-state index in [0.717, 1.165) is 5.56 Å². The van der Waals surface area contributed by atoms with E-state index in [1.165, 1.54) is 5.56 Å². The Kier molecular flexibility index (Phi) is 2.31. The predicted octanol–water partition coefficient (Wildman–Crippen LogP) is 3.46. The van der Waals surface area contributed by atoms with Crippen LogP contribution in [0.15, 0.2) is 48.6 Å². The normalized spacial score (nSPS) is 22.4. The highest BCUT2D eigenvalue weighted by molar-refractivity contribution is 6.08. The first-order valence-electron chi connectivity index (χ1n) is 5.15. The number of hydrogen-bond acceptors (Lipinski definition) is 1. The average Bonchev–Trinajstić information content (AvgIpc) is 2.23. The molecule has 0 saturated heterocycles. The predicted molar refractivity (Wildman–Crippen MR) is 64.6 cm³/mol. The van der Waals surface area contributed by atoms with Crippen molar-refractivity contribution in [2.24, 2.45) is 0 Å². The van der Waals surface area contributed by atoms with Gasteiger partial charge in [0.2, 0.25) is 0 Å². The zero-order valence-corrected chi connectivity index (χ0v) is 9.12. The molecule has 0 heterocycles. The van der Waals surface area contributed by atoms with E-state index >= 15 is 0 Å². The monoisotopic (exact) mass is 197 g/mol. The Morgan fingerprint density at radius 1 is 1.07 bits per heavy atom. The summed E-state index contributed by atoms with van der Waals surface area (Å²) in [5, 5.41) is 7.96. The molecule has 0 aliphatic heterocycles. The second-order valence-corrected chi connectivity index (χ2v) is 4.40. The van der Waals surface area contributed by atoms with Crippen molar-refractivity contribution >= 4 is 5.71 Å². The number of rotatable bonds is 0. The smallest absolute Gasteiger partial charge is 0.0615 e. The highest BCUT2D eigenvalue weighted by Gasteiger charge is 2.21. The Morgan fingerprint density at radius 3 is 2.60 bits per heavy atom. The first-order chi connectivity index (χ1) is 7.11. The summed E-state index contributed by atoms with van der Waals surface area (Å²) < 4.78 is 0. The molecule has 0 radical (unpaired) electrons. The molecule has 15 heavy (non-hydrogen) atoms. The summed E-state index contributed by atoms with van der Waals surface area (Å²) in [6.07, 6.45) is 7.96. The lowest BCUT2D eigenvalue weighted by Gasteiger charge is -2.25. The van der Waals surface area contributed by atoms with Gasteiger partial charge >= 0.3 is 0 Å². The number of nitrogens with one attached hydrogen (secondary N) is 1. The van der Waals surface area contributed by atoms with Crippen molar-refractivity contribution in [2.45, 2.75) is 19.3 Å². The molecule has 1 heteroatoms. The topological polar surface area (TPSA) is 23.9 Å². The van der Waals surface area contributed by atoms with Crippen LogP contribution in [0.1, 0.15) is 25.0 Å². The van der Waals surface area contributed by atoms with Crippen LogP contribution >= 0.6 is 0 Å². The Morgan fingerprint density at radius 2 is 1.80 bits per heavy atom. The molecule has 0 bridgehead atoms. The number of benzene rings is 1. The van der Waals surface area contributed by atoms with E-state index < -0.39 is 0 Å². The van der Waals surface area contributed by atoms with Crippen LogP contribution in [0, 0.1) is 5.41 Å². The maximum Gasteiger partial charge on any atom is 0.0615 e. The third-order valence-corrected chi connectivity index (χ3v) is 2.80. The number of hydrogen-bond donors (Lipinski definition) is 1. The highest BCUT2D eigenvalue weighted by atomic mass is 14.4. The second kappa shape index (κ2) is 3.50. The molecule has 1 aromatic carbocycles. The van der Waals surface area contributed by atoms with Gasteiger partial charge in [0, 0.05) is 11.0 Å². The van der Waals surface area contributed by atoms with Gasteiger partial charge in [0.1, 0.15) is 0 Å². The summed E-state index contributed by atoms with van der Waals surface area (Å²) in [4.78, 5) is 0. The quantitative estimate of drug-likeness (QED) is 0.658. The lowest BCUT2D eigenvalue weighted by molar-refractivity contribution is 0.668. The summed E-state index contributed by atoms with van der Waals surface area (Å²) in [5.74, 6) is 0. The summed E-state index contributed by atoms with van der Waals surface area (Å²) in [6.45, 7) is 4.35. The Labute approximate surface area is 90.7 Å². The number of fused-ring (bicyclic) bond motifs is 1. The molecule has 1 aliphatic carbocycles. The van der Waals surface area contributed by atoms with Gasteiger partial charge in [-0.15, -0.1) is 0 Å². The molecule has 1 aliphatic rings. The van der Waals surface area contributed by atoms with Gasteiger partial charge < -0.3 is 5.41 Å². The van der Waals surface area contributed by atoms with Crippen LogP contribution < -0.4 is 0 Å². The highest BCUT2D eigenvalue weighted by Crippen LogP contribution is 2.29. The molecule has 1 N–H and O–H groups in total. The van der Waals surface area contributed by atoms with Crippen molar-refractivity contribution in [3.8, 4) is 0 Å². The Hall–Kier alpha value is -1.63. The fraction of sp³-hybridized carbons (Fsp3) is 0.214. The molecular formula is C14H15N. The summed E-state index contributed by atoms with van der Waals surface area (Å²) in [5.41, 5.74) is 2.83. The molecular weight excluding hydrogens is 182 g/mol. The van der Waals surface area contributed by atoms with Gasteiger partial charge in [-0.25, -0.2) is 0 Å². The van der Waals surface area contributed by atoms with Gasteiger partial charge in [0.15, 0.2) is 0 Å². The summed E-state index contributed by atoms with van der Waals surface area (Å²) >= 11 is 0. The van der Waals surface area contributed by atoms with Crippen molar-refractivity contribution in [1.29, 1.82) is 5.41 Å². The van der Waals surface area contributed by atoms with E-state index in [4.69, 9.17) is 5.41 Å². The SMILES string of the molecule is CC1(C)/C=C\C=C/C(=N)c2ccccc21. The standard InChI is InChI=1S/C14H15N/c1-14(2)10-6-5-9-13(15)11-7-3-4-8-12(11)14/h3-10,15H,1-2H3/b9-5-,10-6-,15-13?. The Balaban J connectivity index is 2.69. The Bertz CT molecular complexity index is 450. The summed E-state index contributed by atoms with van der Waals surface area (Å²) in [6, 6.07) is 8.14. The first-order valence-corrected chi connectivity index (χ1v) is 5.15. The minimum absolute atomic E-state index is 0.00630. The zero-order chi connectivity index (χ0) is 10.9. The third-order valence-electron chi connectivity index (χ3n) is 2.80. The molecule has 0 amide bonds. The van der Waals surface area contributed by atoms with Gasteiger partial charge in [-0.1, -0.05) is 56.3 Å². The van der Waals surface area contributed by atoms with Gasteiger partial charge in [0.25, 0.3) is 0 Å². The lowest BCUT2D eigenvalue weighted by atomic mass is 9.79. The molecule has 0 unspecified atom stereocenters. The first kappa shape index (κ1) is 9.91. The van der Waals surface area contributed by atoms with Crippen LogP contribution in [0.5, 0.6) is 0 Å². The van der Waals surface area contributed by atoms with Crippen molar-refractivity contribution in [2.75, 3.05) is 0 Å². The molecule has 0 aromatic heterocycles. The van der Waals surface area contributed by atoms with Crippen molar-refractivity contribution < 1.29 is 0 Å². The van der Waals surface area contributed by atoms with E-state index in [-0.39, 0.29) is 5.41 Å². The van der Waals surface area contributed by atoms with Gasteiger partial charge in [-0.2, -0.15) is 0 Å². The minimum Gasteiger partial charge on any atom is -0.300 e. The maximum absolute atomic E-state index is 7.96. The second-order valence-electron chi connectivity index (χ2n) is 4.40. The third kappa shape index (κ3) is 1.78. The van der Waals surface area contributed by atoms with Crippen LogP contribution in [-0.4, -0.2) is 5.71 Å². The van der Waals surface area contributed by atoms with Crippen LogP contribution in [-0.2, 0) is 5.41 Å². The largest absolute Gasteiger partial charge is 0.300 e. The maximum atomic E-state index is 7.96. The fourth-order valence-electron chi connectivity index (χ4n) is 1.91. The lowest BCUT2D eigenvalue weighted by Crippen LogP contribution is -2.18. The van der Waals surface area contributed by atoms with E-state index in [2.05, 4.69) is 26.0 Å². The molecule has 2 rings (SSSR count). The average molecular weight is 197 g/mol. The summed E-state index contributed by atoms with van der Waals surface area (Å²) in [7, 11) is 0. The fourth-order valence-corrected chi connectivity index (χ4v) is 1.91. The molecule has 1 aromatic rings. The van der Waals surface area contributed by atoms with Crippen LogP contribution in [0.25, 0.3) is 0 Å². The van der Waals surface area contributed by atoms with E-state index in [9.17, 15) is 0 Å². The number of allylic oxidation sites excluding steroid dienone is 4. The molecule has 0 atom stereocenters. The van der Waals surface area contributed by atoms with Gasteiger partial charge in [-0.3, -0.25) is 0 Å². The molecule has 76 valence electrons. The minimum atomic E-state index is -0.00630. The van der Waals surface area contributed by atoms with Crippen molar-refractivity contribution in [3.05, 3.63) is 59.7 Å². The van der Waals surface area contributed by atoms with Crippen molar-refractivity contribution in [1.82, 2.24) is 0 Å². The molecule has 1 nitrogen and oxygen atoms in total. The molecule has 0 saturated carbocycles.